The second kappa shape index (κ2) is 6.13. The number of hydrogen-bond donors (Lipinski definition) is 0. The topological polar surface area (TPSA) is 81.9 Å². The summed E-state index contributed by atoms with van der Waals surface area (Å²) in [4.78, 5) is 14.8. The van der Waals surface area contributed by atoms with Crippen LogP contribution in [0.3, 0.4) is 0 Å². The molecule has 0 aromatic carbocycles. The van der Waals surface area contributed by atoms with Crippen LogP contribution >= 0.6 is 0 Å². The molecule has 0 radical (unpaired) electrons. The van der Waals surface area contributed by atoms with Crippen LogP contribution in [-0.2, 0) is 16.4 Å². The highest BCUT2D eigenvalue weighted by molar-refractivity contribution is 7.91. The van der Waals surface area contributed by atoms with E-state index in [-0.39, 0.29) is 29.3 Å². The summed E-state index contributed by atoms with van der Waals surface area (Å²) in [5.74, 6) is -0.549. The molecule has 0 aliphatic heterocycles. The van der Waals surface area contributed by atoms with Gasteiger partial charge in [0.25, 0.3) is 0 Å². The lowest BCUT2D eigenvalue weighted by atomic mass is 10.1. The first-order chi connectivity index (χ1) is 9.95. The Morgan fingerprint density at radius 2 is 2.14 bits per heavy atom. The number of rotatable bonds is 6. The fourth-order valence-corrected chi connectivity index (χ4v) is 2.53. The zero-order valence-electron chi connectivity index (χ0n) is 11.4. The van der Waals surface area contributed by atoms with E-state index in [1.165, 1.54) is 23.1 Å². The number of halogens is 1. The van der Waals surface area contributed by atoms with Crippen molar-refractivity contribution >= 4 is 16.1 Å². The first-order valence-corrected chi connectivity index (χ1v) is 8.11. The Balaban J connectivity index is 2.30. The van der Waals surface area contributed by atoms with Crippen molar-refractivity contribution in [3.63, 3.8) is 0 Å². The summed E-state index contributed by atoms with van der Waals surface area (Å²) >= 11 is 0. The molecule has 0 spiro atoms. The van der Waals surface area contributed by atoms with Gasteiger partial charge in [-0.2, -0.15) is 5.10 Å². The Morgan fingerprint density at radius 1 is 1.38 bits per heavy atom. The van der Waals surface area contributed by atoms with Gasteiger partial charge >= 0.3 is 0 Å². The maximum Gasteiger partial charge on any atom is 0.153 e. The third-order valence-electron chi connectivity index (χ3n) is 2.97. The van der Waals surface area contributed by atoms with Crippen molar-refractivity contribution in [1.82, 2.24) is 14.8 Å². The van der Waals surface area contributed by atoms with Crippen molar-refractivity contribution in [2.24, 2.45) is 0 Å². The van der Waals surface area contributed by atoms with E-state index < -0.39 is 15.7 Å². The van der Waals surface area contributed by atoms with Crippen molar-refractivity contribution in [3.8, 4) is 11.3 Å². The predicted molar refractivity (Wildman–Crippen MR) is 75.1 cm³/mol. The van der Waals surface area contributed by atoms with E-state index >= 15 is 0 Å². The third kappa shape index (κ3) is 3.72. The molecule has 2 rings (SSSR count). The van der Waals surface area contributed by atoms with E-state index in [9.17, 15) is 17.6 Å². The highest BCUT2D eigenvalue weighted by Gasteiger charge is 2.14. The van der Waals surface area contributed by atoms with Crippen LogP contribution in [-0.4, -0.2) is 41.0 Å². The Hall–Kier alpha value is -2.09. The Labute approximate surface area is 121 Å². The van der Waals surface area contributed by atoms with Gasteiger partial charge in [-0.05, 0) is 6.07 Å². The van der Waals surface area contributed by atoms with Crippen LogP contribution in [0, 0.1) is 5.82 Å². The highest BCUT2D eigenvalue weighted by atomic mass is 32.2. The Morgan fingerprint density at radius 3 is 2.76 bits per heavy atom. The van der Waals surface area contributed by atoms with E-state index in [0.717, 1.165) is 6.20 Å². The molecule has 0 amide bonds. The molecule has 0 saturated carbocycles. The number of aldehydes is 1. The summed E-state index contributed by atoms with van der Waals surface area (Å²) in [5, 5.41) is 4.14. The second-order valence-corrected chi connectivity index (χ2v) is 6.91. The van der Waals surface area contributed by atoms with E-state index in [0.29, 0.717) is 11.8 Å². The van der Waals surface area contributed by atoms with Crippen LogP contribution in [0.15, 0.2) is 24.7 Å². The molecule has 2 aromatic rings. The SMILES string of the molecule is CCS(=O)(=O)CCn1cc(C=O)c(-c2cncc(F)c2)n1. The van der Waals surface area contributed by atoms with Crippen LogP contribution in [0.2, 0.25) is 0 Å². The minimum absolute atomic E-state index is 0.0511. The number of hydrogen-bond acceptors (Lipinski definition) is 5. The van der Waals surface area contributed by atoms with Gasteiger partial charge in [-0.1, -0.05) is 6.92 Å². The number of aryl methyl sites for hydroxylation is 1. The van der Waals surface area contributed by atoms with Gasteiger partial charge in [0.2, 0.25) is 0 Å². The molecular weight excluding hydrogens is 297 g/mol. The molecule has 0 bridgehead atoms. The van der Waals surface area contributed by atoms with Crippen molar-refractivity contribution in [1.29, 1.82) is 0 Å². The molecule has 0 aliphatic rings. The Bertz CT molecular complexity index is 756. The number of pyridine rings is 1. The standard InChI is InChI=1S/C13H14FN3O3S/c1-2-21(19,20)4-3-17-8-11(9-18)13(16-17)10-5-12(14)7-15-6-10/h5-9H,2-4H2,1H3. The fourth-order valence-electron chi connectivity index (χ4n) is 1.78. The van der Waals surface area contributed by atoms with Crippen LogP contribution in [0.4, 0.5) is 4.39 Å². The zero-order chi connectivity index (χ0) is 15.5. The number of carbonyl (C=O) groups is 1. The summed E-state index contributed by atoms with van der Waals surface area (Å²) < 4.78 is 37.5. The smallest absolute Gasteiger partial charge is 0.153 e. The van der Waals surface area contributed by atoms with E-state index in [4.69, 9.17) is 0 Å². The molecule has 0 aliphatic carbocycles. The normalized spacial score (nSPS) is 11.5. The molecule has 2 aromatic heterocycles. The molecule has 0 fully saturated rings. The number of sulfone groups is 1. The Kier molecular flexibility index (Phi) is 4.46. The van der Waals surface area contributed by atoms with Gasteiger partial charge in [-0.3, -0.25) is 14.5 Å². The van der Waals surface area contributed by atoms with Gasteiger partial charge in [0.15, 0.2) is 16.1 Å². The van der Waals surface area contributed by atoms with Crippen LogP contribution in [0.5, 0.6) is 0 Å². The van der Waals surface area contributed by atoms with Gasteiger partial charge in [-0.15, -0.1) is 0 Å². The fraction of sp³-hybridized carbons (Fsp3) is 0.308. The number of carbonyl (C=O) groups excluding carboxylic acids is 1. The second-order valence-electron chi connectivity index (χ2n) is 4.44. The summed E-state index contributed by atoms with van der Waals surface area (Å²) in [6.07, 6.45) is 4.48. The molecule has 112 valence electrons. The molecule has 6 nitrogen and oxygen atoms in total. The maximum atomic E-state index is 13.2. The molecule has 21 heavy (non-hydrogen) atoms. The van der Waals surface area contributed by atoms with Crippen molar-refractivity contribution in [2.75, 3.05) is 11.5 Å². The lowest BCUT2D eigenvalue weighted by Crippen LogP contribution is -2.14. The van der Waals surface area contributed by atoms with Gasteiger partial charge in [0.05, 0.1) is 24.1 Å². The maximum absolute atomic E-state index is 13.2. The van der Waals surface area contributed by atoms with Gasteiger partial charge < -0.3 is 0 Å². The summed E-state index contributed by atoms with van der Waals surface area (Å²) in [6, 6.07) is 1.22. The molecular formula is C13H14FN3O3S. The zero-order valence-corrected chi connectivity index (χ0v) is 12.2. The van der Waals surface area contributed by atoms with Crippen LogP contribution in [0.1, 0.15) is 17.3 Å². The van der Waals surface area contributed by atoms with Crippen molar-refractivity contribution in [2.45, 2.75) is 13.5 Å². The number of aromatic nitrogens is 3. The molecule has 0 unspecified atom stereocenters. The molecule has 8 heteroatoms. The summed E-state index contributed by atoms with van der Waals surface area (Å²) in [7, 11) is -3.12. The average molecular weight is 311 g/mol. The van der Waals surface area contributed by atoms with Crippen LogP contribution in [0.25, 0.3) is 11.3 Å². The van der Waals surface area contributed by atoms with Crippen molar-refractivity contribution in [3.05, 3.63) is 36.0 Å². The van der Waals surface area contributed by atoms with Crippen LogP contribution < -0.4 is 0 Å². The first kappa shape index (κ1) is 15.3. The van der Waals surface area contributed by atoms with E-state index in [2.05, 4.69) is 10.1 Å². The largest absolute Gasteiger partial charge is 0.298 e. The lowest BCUT2D eigenvalue weighted by Gasteiger charge is -2.01. The monoisotopic (exact) mass is 311 g/mol. The van der Waals surface area contributed by atoms with Crippen molar-refractivity contribution < 1.29 is 17.6 Å². The van der Waals surface area contributed by atoms with Gasteiger partial charge in [-0.25, -0.2) is 12.8 Å². The first-order valence-electron chi connectivity index (χ1n) is 6.29. The van der Waals surface area contributed by atoms with E-state index in [1.807, 2.05) is 0 Å². The molecule has 0 atom stereocenters. The van der Waals surface area contributed by atoms with Gasteiger partial charge in [0, 0.05) is 23.7 Å². The number of nitrogens with zero attached hydrogens (tertiary/aromatic N) is 3. The lowest BCUT2D eigenvalue weighted by molar-refractivity contribution is 0.112. The third-order valence-corrected chi connectivity index (χ3v) is 4.65. The predicted octanol–water partition coefficient (Wildman–Crippen LogP) is 1.33. The molecule has 2 heterocycles. The average Bonchev–Trinajstić information content (AvgIpc) is 2.89. The minimum Gasteiger partial charge on any atom is -0.298 e. The summed E-state index contributed by atoms with van der Waals surface area (Å²) in [6.45, 7) is 1.71. The highest BCUT2D eigenvalue weighted by Crippen LogP contribution is 2.20. The molecule has 0 N–H and O–H groups in total. The van der Waals surface area contributed by atoms with Gasteiger partial charge in [0.1, 0.15) is 11.5 Å². The molecule has 0 saturated heterocycles. The quantitative estimate of drug-likeness (QED) is 0.752. The minimum atomic E-state index is -3.12. The van der Waals surface area contributed by atoms with E-state index in [1.54, 1.807) is 6.92 Å². The summed E-state index contributed by atoms with van der Waals surface area (Å²) in [5.41, 5.74) is 0.913.